The van der Waals surface area contributed by atoms with Crippen molar-refractivity contribution in [2.75, 3.05) is 0 Å². The molecule has 0 saturated carbocycles. The smallest absolute Gasteiger partial charge is 0.312 e. The van der Waals surface area contributed by atoms with Crippen molar-refractivity contribution in [1.29, 1.82) is 0 Å². The highest BCUT2D eigenvalue weighted by Gasteiger charge is 2.23. The number of nitro groups is 1. The zero-order chi connectivity index (χ0) is 15.6. The maximum Gasteiger partial charge on any atom is 0.312 e. The highest BCUT2D eigenvalue weighted by molar-refractivity contribution is 6.02. The topological polar surface area (TPSA) is 120 Å². The largest absolute Gasteiger partial charge is 0.459 e. The third-order valence-corrected chi connectivity index (χ3v) is 2.82. The summed E-state index contributed by atoms with van der Waals surface area (Å²) in [4.78, 5) is 33.7. The SMILES string of the molecule is Cc1nn(CC(=O)NC(=O)c2ccco2)c(C)c1[N+](=O)[O-]. The number of carbonyl (C=O) groups is 2. The molecule has 2 amide bonds. The molecule has 2 rings (SSSR count). The van der Waals surface area contributed by atoms with E-state index in [1.165, 1.54) is 36.9 Å². The lowest BCUT2D eigenvalue weighted by molar-refractivity contribution is -0.386. The Morgan fingerprint density at radius 2 is 2.19 bits per heavy atom. The van der Waals surface area contributed by atoms with Crippen LogP contribution < -0.4 is 5.32 Å². The standard InChI is InChI=1S/C12H12N4O5/c1-7-11(16(19)20)8(2)15(14-7)6-10(17)13-12(18)9-4-3-5-21-9/h3-5H,6H2,1-2H3,(H,13,17,18). The second-order valence-electron chi connectivity index (χ2n) is 4.29. The van der Waals surface area contributed by atoms with Gasteiger partial charge in [-0.3, -0.25) is 29.7 Å². The first kappa shape index (κ1) is 14.4. The van der Waals surface area contributed by atoms with Gasteiger partial charge in [-0.15, -0.1) is 0 Å². The van der Waals surface area contributed by atoms with E-state index in [0.29, 0.717) is 0 Å². The first-order valence-corrected chi connectivity index (χ1v) is 5.96. The molecule has 9 nitrogen and oxygen atoms in total. The summed E-state index contributed by atoms with van der Waals surface area (Å²) in [5, 5.41) is 16.9. The number of rotatable bonds is 4. The number of aryl methyl sites for hydroxylation is 1. The van der Waals surface area contributed by atoms with Gasteiger partial charge in [0, 0.05) is 0 Å². The molecule has 0 aliphatic carbocycles. The van der Waals surface area contributed by atoms with Crippen LogP contribution in [0.15, 0.2) is 22.8 Å². The molecule has 0 spiro atoms. The molecule has 0 aromatic carbocycles. The van der Waals surface area contributed by atoms with E-state index in [-0.39, 0.29) is 29.4 Å². The number of imide groups is 1. The van der Waals surface area contributed by atoms with E-state index >= 15 is 0 Å². The number of furan rings is 1. The molecule has 2 aromatic heterocycles. The highest BCUT2D eigenvalue weighted by Crippen LogP contribution is 2.21. The molecule has 0 saturated heterocycles. The van der Waals surface area contributed by atoms with Crippen molar-refractivity contribution >= 4 is 17.5 Å². The van der Waals surface area contributed by atoms with E-state index in [2.05, 4.69) is 10.4 Å². The van der Waals surface area contributed by atoms with Crippen molar-refractivity contribution in [3.8, 4) is 0 Å². The molecule has 110 valence electrons. The summed E-state index contributed by atoms with van der Waals surface area (Å²) < 4.78 is 6.03. The predicted octanol–water partition coefficient (Wildman–Crippen LogP) is 0.958. The van der Waals surface area contributed by atoms with Gasteiger partial charge in [-0.2, -0.15) is 5.10 Å². The first-order valence-electron chi connectivity index (χ1n) is 5.96. The van der Waals surface area contributed by atoms with E-state index < -0.39 is 16.7 Å². The van der Waals surface area contributed by atoms with Crippen molar-refractivity contribution in [1.82, 2.24) is 15.1 Å². The summed E-state index contributed by atoms with van der Waals surface area (Å²) in [6.07, 6.45) is 1.31. The molecule has 0 aliphatic rings. The van der Waals surface area contributed by atoms with Crippen LogP contribution in [0.1, 0.15) is 21.9 Å². The van der Waals surface area contributed by atoms with Gasteiger partial charge in [-0.25, -0.2) is 0 Å². The molecule has 2 aromatic rings. The van der Waals surface area contributed by atoms with Gasteiger partial charge in [0.25, 0.3) is 5.91 Å². The van der Waals surface area contributed by atoms with Crippen molar-refractivity contribution < 1.29 is 18.9 Å². The van der Waals surface area contributed by atoms with Gasteiger partial charge in [-0.05, 0) is 26.0 Å². The summed E-state index contributed by atoms with van der Waals surface area (Å²) in [7, 11) is 0. The van der Waals surface area contributed by atoms with Gasteiger partial charge in [-0.1, -0.05) is 0 Å². The van der Waals surface area contributed by atoms with Crippen LogP contribution in [0.2, 0.25) is 0 Å². The summed E-state index contributed by atoms with van der Waals surface area (Å²) in [5.41, 5.74) is 0.320. The molecular formula is C12H12N4O5. The van der Waals surface area contributed by atoms with Gasteiger partial charge >= 0.3 is 5.69 Å². The molecule has 0 unspecified atom stereocenters. The number of nitrogens with one attached hydrogen (secondary N) is 1. The fourth-order valence-electron chi connectivity index (χ4n) is 1.88. The Morgan fingerprint density at radius 3 is 2.71 bits per heavy atom. The van der Waals surface area contributed by atoms with E-state index in [9.17, 15) is 19.7 Å². The Labute approximate surface area is 118 Å². The molecule has 9 heteroatoms. The lowest BCUT2D eigenvalue weighted by Crippen LogP contribution is -2.33. The predicted molar refractivity (Wildman–Crippen MR) is 69.5 cm³/mol. The second kappa shape index (κ2) is 5.57. The van der Waals surface area contributed by atoms with Crippen molar-refractivity contribution in [3.63, 3.8) is 0 Å². The fraction of sp³-hybridized carbons (Fsp3) is 0.250. The lowest BCUT2D eigenvalue weighted by atomic mass is 10.3. The maximum atomic E-state index is 11.8. The Hall–Kier alpha value is -2.97. The van der Waals surface area contributed by atoms with Gasteiger partial charge < -0.3 is 4.42 Å². The number of nitrogens with zero attached hydrogens (tertiary/aromatic N) is 3. The van der Waals surface area contributed by atoms with Crippen molar-refractivity contribution in [2.24, 2.45) is 0 Å². The van der Waals surface area contributed by atoms with Gasteiger partial charge in [0.15, 0.2) is 5.76 Å². The minimum Gasteiger partial charge on any atom is -0.459 e. The van der Waals surface area contributed by atoms with E-state index in [4.69, 9.17) is 4.42 Å². The van der Waals surface area contributed by atoms with Crippen LogP contribution in [0.25, 0.3) is 0 Å². The van der Waals surface area contributed by atoms with Crippen LogP contribution in [0.3, 0.4) is 0 Å². The summed E-state index contributed by atoms with van der Waals surface area (Å²) in [6, 6.07) is 2.93. The maximum absolute atomic E-state index is 11.8. The normalized spacial score (nSPS) is 10.4. The Balaban J connectivity index is 2.08. The fourth-order valence-corrected chi connectivity index (χ4v) is 1.88. The summed E-state index contributed by atoms with van der Waals surface area (Å²) >= 11 is 0. The first-order chi connectivity index (χ1) is 9.90. The minimum atomic E-state index is -0.680. The summed E-state index contributed by atoms with van der Waals surface area (Å²) in [5.74, 6) is -1.32. The number of hydrogen-bond donors (Lipinski definition) is 1. The molecule has 0 fully saturated rings. The quantitative estimate of drug-likeness (QED) is 0.661. The Kier molecular flexibility index (Phi) is 3.83. The van der Waals surface area contributed by atoms with Gasteiger partial charge in [0.05, 0.1) is 11.2 Å². The van der Waals surface area contributed by atoms with Gasteiger partial charge in [0.2, 0.25) is 5.91 Å². The second-order valence-corrected chi connectivity index (χ2v) is 4.29. The van der Waals surface area contributed by atoms with Crippen LogP contribution in [0.5, 0.6) is 0 Å². The molecule has 0 radical (unpaired) electrons. The molecule has 0 aliphatic heterocycles. The van der Waals surface area contributed by atoms with Crippen molar-refractivity contribution in [2.45, 2.75) is 20.4 Å². The molecule has 21 heavy (non-hydrogen) atoms. The van der Waals surface area contributed by atoms with Crippen LogP contribution in [-0.4, -0.2) is 26.5 Å². The Bertz CT molecular complexity index is 702. The average molecular weight is 292 g/mol. The molecular weight excluding hydrogens is 280 g/mol. The molecule has 2 heterocycles. The molecule has 1 N–H and O–H groups in total. The zero-order valence-electron chi connectivity index (χ0n) is 11.3. The highest BCUT2D eigenvalue weighted by atomic mass is 16.6. The van der Waals surface area contributed by atoms with Crippen LogP contribution >= 0.6 is 0 Å². The Morgan fingerprint density at radius 1 is 1.48 bits per heavy atom. The van der Waals surface area contributed by atoms with E-state index in [0.717, 1.165) is 0 Å². The summed E-state index contributed by atoms with van der Waals surface area (Å²) in [6.45, 7) is 2.67. The number of aromatic nitrogens is 2. The average Bonchev–Trinajstić information content (AvgIpc) is 2.98. The zero-order valence-corrected chi connectivity index (χ0v) is 11.3. The van der Waals surface area contributed by atoms with Crippen LogP contribution in [0.4, 0.5) is 5.69 Å². The van der Waals surface area contributed by atoms with Crippen LogP contribution in [-0.2, 0) is 11.3 Å². The van der Waals surface area contributed by atoms with E-state index in [1.54, 1.807) is 0 Å². The monoisotopic (exact) mass is 292 g/mol. The van der Waals surface area contributed by atoms with Gasteiger partial charge in [0.1, 0.15) is 17.9 Å². The lowest BCUT2D eigenvalue weighted by Gasteiger charge is -2.03. The van der Waals surface area contributed by atoms with E-state index in [1.807, 2.05) is 0 Å². The van der Waals surface area contributed by atoms with Crippen LogP contribution in [0, 0.1) is 24.0 Å². The molecule has 0 atom stereocenters. The number of carbonyl (C=O) groups excluding carboxylic acids is 2. The third kappa shape index (κ3) is 2.96. The third-order valence-electron chi connectivity index (χ3n) is 2.82. The number of amides is 2. The minimum absolute atomic E-state index is 0.00250. The number of hydrogen-bond acceptors (Lipinski definition) is 6. The molecule has 0 bridgehead atoms. The van der Waals surface area contributed by atoms with Crippen molar-refractivity contribution in [3.05, 3.63) is 45.7 Å².